The number of rotatable bonds is 2. The number of para-hydroxylation sites is 1. The largest absolute Gasteiger partial charge is 0.291 e. The fourth-order valence-corrected chi connectivity index (χ4v) is 3.65. The summed E-state index contributed by atoms with van der Waals surface area (Å²) in [5, 5.41) is 0.816. The zero-order chi connectivity index (χ0) is 13.2. The summed E-state index contributed by atoms with van der Waals surface area (Å²) in [6.45, 7) is 0. The predicted molar refractivity (Wildman–Crippen MR) is 79.6 cm³/mol. The van der Waals surface area contributed by atoms with Gasteiger partial charge < -0.3 is 0 Å². The molecule has 0 spiro atoms. The summed E-state index contributed by atoms with van der Waals surface area (Å²) < 4.78 is 1.14. The predicted octanol–water partition coefficient (Wildman–Crippen LogP) is 3.84. The monoisotopic (exact) mass is 274 g/mol. The quantitative estimate of drug-likeness (QED) is 0.833. The first-order valence-corrected chi connectivity index (χ1v) is 7.70. The number of aromatic nitrogens is 1. The molecule has 0 saturated heterocycles. The van der Waals surface area contributed by atoms with Gasteiger partial charge in [-0.3, -0.25) is 9.69 Å². The van der Waals surface area contributed by atoms with Crippen molar-refractivity contribution in [3.05, 3.63) is 24.3 Å². The van der Waals surface area contributed by atoms with Crippen LogP contribution in [0.3, 0.4) is 0 Å². The second-order valence-corrected chi connectivity index (χ2v) is 6.21. The summed E-state index contributed by atoms with van der Waals surface area (Å²) in [5.74, 6) is 0.435. The van der Waals surface area contributed by atoms with E-state index in [4.69, 9.17) is 0 Å². The first kappa shape index (κ1) is 12.6. The highest BCUT2D eigenvalue weighted by Crippen LogP contribution is 2.31. The molecule has 0 unspecified atom stereocenters. The van der Waals surface area contributed by atoms with Gasteiger partial charge in [-0.25, -0.2) is 4.98 Å². The fourth-order valence-electron chi connectivity index (χ4n) is 2.72. The van der Waals surface area contributed by atoms with E-state index in [0.717, 1.165) is 28.2 Å². The molecular weight excluding hydrogens is 256 g/mol. The highest BCUT2D eigenvalue weighted by molar-refractivity contribution is 7.22. The molecule has 0 atom stereocenters. The molecule has 2 aromatic rings. The van der Waals surface area contributed by atoms with Crippen molar-refractivity contribution < 1.29 is 4.79 Å². The number of anilines is 1. The third-order valence-electron chi connectivity index (χ3n) is 3.85. The molecule has 1 heterocycles. The Morgan fingerprint density at radius 1 is 1.26 bits per heavy atom. The molecule has 0 aliphatic heterocycles. The maximum atomic E-state index is 12.5. The molecule has 0 radical (unpaired) electrons. The molecule has 19 heavy (non-hydrogen) atoms. The van der Waals surface area contributed by atoms with Gasteiger partial charge in [0.15, 0.2) is 5.13 Å². The maximum absolute atomic E-state index is 12.5. The summed E-state index contributed by atoms with van der Waals surface area (Å²) in [6, 6.07) is 8.03. The number of fused-ring (bicyclic) bond motifs is 1. The first-order valence-electron chi connectivity index (χ1n) is 6.89. The van der Waals surface area contributed by atoms with Gasteiger partial charge in [0.25, 0.3) is 0 Å². The lowest BCUT2D eigenvalue weighted by Gasteiger charge is -2.24. The minimum absolute atomic E-state index is 0.200. The van der Waals surface area contributed by atoms with Gasteiger partial charge >= 0.3 is 0 Å². The van der Waals surface area contributed by atoms with Crippen LogP contribution < -0.4 is 4.90 Å². The van der Waals surface area contributed by atoms with Crippen LogP contribution in [0.1, 0.15) is 32.1 Å². The Bertz CT molecular complexity index is 554. The molecule has 1 saturated carbocycles. The highest BCUT2D eigenvalue weighted by atomic mass is 32.1. The van der Waals surface area contributed by atoms with Crippen LogP contribution in [0.4, 0.5) is 5.13 Å². The Labute approximate surface area is 117 Å². The topological polar surface area (TPSA) is 33.2 Å². The van der Waals surface area contributed by atoms with Gasteiger partial charge in [0.1, 0.15) is 0 Å². The van der Waals surface area contributed by atoms with Gasteiger partial charge in [-0.15, -0.1) is 0 Å². The van der Waals surface area contributed by atoms with Crippen LogP contribution in [0.2, 0.25) is 0 Å². The molecule has 1 aliphatic carbocycles. The van der Waals surface area contributed by atoms with Gasteiger partial charge in [0.2, 0.25) is 5.91 Å². The molecule has 1 aliphatic rings. The lowest BCUT2D eigenvalue weighted by Crippen LogP contribution is -2.33. The van der Waals surface area contributed by atoms with E-state index >= 15 is 0 Å². The maximum Gasteiger partial charge on any atom is 0.231 e. The van der Waals surface area contributed by atoms with E-state index in [1.54, 1.807) is 16.2 Å². The highest BCUT2D eigenvalue weighted by Gasteiger charge is 2.26. The third-order valence-corrected chi connectivity index (χ3v) is 4.97. The Morgan fingerprint density at radius 3 is 2.74 bits per heavy atom. The SMILES string of the molecule is CN(C(=O)C1CCCCC1)c1nc2ccccc2s1. The van der Waals surface area contributed by atoms with Crippen LogP contribution in [-0.2, 0) is 4.79 Å². The molecule has 1 aromatic heterocycles. The molecule has 100 valence electrons. The summed E-state index contributed by atoms with van der Waals surface area (Å²) in [6.07, 6.45) is 5.71. The molecule has 0 N–H and O–H groups in total. The van der Waals surface area contributed by atoms with Crippen LogP contribution in [0, 0.1) is 5.92 Å². The second-order valence-electron chi connectivity index (χ2n) is 5.20. The van der Waals surface area contributed by atoms with Crippen LogP contribution in [-0.4, -0.2) is 17.9 Å². The zero-order valence-electron chi connectivity index (χ0n) is 11.1. The summed E-state index contributed by atoms with van der Waals surface area (Å²) in [7, 11) is 1.86. The van der Waals surface area contributed by atoms with Crippen molar-refractivity contribution in [1.29, 1.82) is 0 Å². The number of hydrogen-bond donors (Lipinski definition) is 0. The molecule has 1 amide bonds. The van der Waals surface area contributed by atoms with E-state index in [0.29, 0.717) is 0 Å². The van der Waals surface area contributed by atoms with Crippen LogP contribution >= 0.6 is 11.3 Å². The summed E-state index contributed by atoms with van der Waals surface area (Å²) in [4.78, 5) is 18.8. The molecule has 1 aromatic carbocycles. The molecule has 0 bridgehead atoms. The van der Waals surface area contributed by atoms with Crippen molar-refractivity contribution in [2.75, 3.05) is 11.9 Å². The van der Waals surface area contributed by atoms with Crippen molar-refractivity contribution in [1.82, 2.24) is 4.98 Å². The van der Waals surface area contributed by atoms with Gasteiger partial charge in [0.05, 0.1) is 10.2 Å². The van der Waals surface area contributed by atoms with E-state index in [1.165, 1.54) is 19.3 Å². The smallest absolute Gasteiger partial charge is 0.231 e. The van der Waals surface area contributed by atoms with Crippen LogP contribution in [0.5, 0.6) is 0 Å². The number of carbonyl (C=O) groups is 1. The van der Waals surface area contributed by atoms with Crippen LogP contribution in [0.15, 0.2) is 24.3 Å². The number of hydrogen-bond acceptors (Lipinski definition) is 3. The van der Waals surface area contributed by atoms with Crippen LogP contribution in [0.25, 0.3) is 10.2 Å². The van der Waals surface area contributed by atoms with Gasteiger partial charge in [-0.05, 0) is 25.0 Å². The Morgan fingerprint density at radius 2 is 2.00 bits per heavy atom. The molecule has 4 heteroatoms. The summed E-state index contributed by atoms with van der Waals surface area (Å²) in [5.41, 5.74) is 0.978. The van der Waals surface area contributed by atoms with Crippen molar-refractivity contribution in [2.24, 2.45) is 5.92 Å². The number of thiazole rings is 1. The van der Waals surface area contributed by atoms with Crippen molar-refractivity contribution in [3.8, 4) is 0 Å². The molecule has 1 fully saturated rings. The van der Waals surface area contributed by atoms with E-state index in [2.05, 4.69) is 11.1 Å². The third kappa shape index (κ3) is 2.50. The minimum Gasteiger partial charge on any atom is -0.291 e. The van der Waals surface area contributed by atoms with E-state index in [1.807, 2.05) is 25.2 Å². The van der Waals surface area contributed by atoms with E-state index in [9.17, 15) is 4.79 Å². The second kappa shape index (κ2) is 5.29. The van der Waals surface area contributed by atoms with Gasteiger partial charge in [0, 0.05) is 13.0 Å². The lowest BCUT2D eigenvalue weighted by molar-refractivity contribution is -0.123. The molecular formula is C15H18N2OS. The Balaban J connectivity index is 1.82. The van der Waals surface area contributed by atoms with Crippen molar-refractivity contribution in [3.63, 3.8) is 0 Å². The minimum atomic E-state index is 0.200. The first-order chi connectivity index (χ1) is 9.25. The van der Waals surface area contributed by atoms with Crippen molar-refractivity contribution in [2.45, 2.75) is 32.1 Å². The molecule has 3 nitrogen and oxygen atoms in total. The number of carbonyl (C=O) groups excluding carboxylic acids is 1. The number of benzene rings is 1. The average molecular weight is 274 g/mol. The number of nitrogens with zero attached hydrogens (tertiary/aromatic N) is 2. The lowest BCUT2D eigenvalue weighted by atomic mass is 9.88. The Hall–Kier alpha value is -1.42. The molecule has 3 rings (SSSR count). The van der Waals surface area contributed by atoms with Gasteiger partial charge in [-0.2, -0.15) is 0 Å². The standard InChI is InChI=1S/C15H18N2OS/c1-17(14(18)11-7-3-2-4-8-11)15-16-12-9-5-6-10-13(12)19-15/h5-6,9-11H,2-4,7-8H2,1H3. The average Bonchev–Trinajstić information content (AvgIpc) is 2.90. The normalized spacial score (nSPS) is 16.7. The summed E-state index contributed by atoms with van der Waals surface area (Å²) >= 11 is 1.59. The van der Waals surface area contributed by atoms with E-state index in [-0.39, 0.29) is 11.8 Å². The van der Waals surface area contributed by atoms with Gasteiger partial charge in [-0.1, -0.05) is 42.7 Å². The van der Waals surface area contributed by atoms with Crippen molar-refractivity contribution >= 4 is 32.6 Å². The zero-order valence-corrected chi connectivity index (χ0v) is 11.9. The number of amides is 1. The Kier molecular flexibility index (Phi) is 3.51. The fraction of sp³-hybridized carbons (Fsp3) is 0.467. The van der Waals surface area contributed by atoms with E-state index < -0.39 is 0 Å².